The molecule has 0 atom stereocenters. The standard InChI is InChI=1S/C7H7NO2/c9-7(8-3-4-8)6-2-1-5-10-6/h1-2,5H,3-4H2. The maximum absolute atomic E-state index is 11.1. The van der Waals surface area contributed by atoms with Gasteiger partial charge in [0.05, 0.1) is 6.26 Å². The van der Waals surface area contributed by atoms with Crippen molar-refractivity contribution in [1.82, 2.24) is 4.90 Å². The van der Waals surface area contributed by atoms with Crippen molar-refractivity contribution < 1.29 is 9.21 Å². The normalized spacial score (nSPS) is 15.4. The minimum atomic E-state index is 0.00463. The van der Waals surface area contributed by atoms with E-state index in [0.29, 0.717) is 5.76 Å². The SMILES string of the molecule is O=C(c1ccco1)N1CC1. The predicted octanol–water partition coefficient (Wildman–Crippen LogP) is 0.735. The van der Waals surface area contributed by atoms with Crippen molar-refractivity contribution in [2.75, 3.05) is 13.1 Å². The highest BCUT2D eigenvalue weighted by atomic mass is 16.3. The highest BCUT2D eigenvalue weighted by Gasteiger charge is 2.26. The minimum absolute atomic E-state index is 0.00463. The summed E-state index contributed by atoms with van der Waals surface area (Å²) < 4.78 is 4.91. The van der Waals surface area contributed by atoms with Gasteiger partial charge in [-0.25, -0.2) is 0 Å². The molecule has 0 aliphatic carbocycles. The van der Waals surface area contributed by atoms with Crippen LogP contribution in [0.15, 0.2) is 22.8 Å². The third kappa shape index (κ3) is 0.795. The molecule has 0 unspecified atom stereocenters. The van der Waals surface area contributed by atoms with E-state index >= 15 is 0 Å². The number of carbonyl (C=O) groups is 1. The Kier molecular flexibility index (Phi) is 1.03. The molecular weight excluding hydrogens is 130 g/mol. The number of nitrogens with zero attached hydrogens (tertiary/aromatic N) is 1. The second-order valence-corrected chi connectivity index (χ2v) is 2.27. The number of rotatable bonds is 1. The molecule has 2 rings (SSSR count). The van der Waals surface area contributed by atoms with Crippen molar-refractivity contribution in [2.45, 2.75) is 0 Å². The lowest BCUT2D eigenvalue weighted by Gasteiger charge is -1.93. The van der Waals surface area contributed by atoms with Gasteiger partial charge in [0, 0.05) is 13.1 Å². The highest BCUT2D eigenvalue weighted by Crippen LogP contribution is 2.11. The summed E-state index contributed by atoms with van der Waals surface area (Å²) in [6.45, 7) is 1.75. The quantitative estimate of drug-likeness (QED) is 0.535. The van der Waals surface area contributed by atoms with Gasteiger partial charge in [0.15, 0.2) is 5.76 Å². The fourth-order valence-corrected chi connectivity index (χ4v) is 0.809. The van der Waals surface area contributed by atoms with Gasteiger partial charge in [-0.1, -0.05) is 0 Å². The van der Waals surface area contributed by atoms with Crippen molar-refractivity contribution in [2.24, 2.45) is 0 Å². The maximum atomic E-state index is 11.1. The van der Waals surface area contributed by atoms with Gasteiger partial charge in [-0.05, 0) is 12.1 Å². The molecule has 52 valence electrons. The monoisotopic (exact) mass is 137 g/mol. The van der Waals surface area contributed by atoms with E-state index in [1.54, 1.807) is 17.0 Å². The van der Waals surface area contributed by atoms with Gasteiger partial charge in [-0.15, -0.1) is 0 Å². The smallest absolute Gasteiger partial charge is 0.289 e. The van der Waals surface area contributed by atoms with E-state index in [-0.39, 0.29) is 5.91 Å². The van der Waals surface area contributed by atoms with Crippen molar-refractivity contribution >= 4 is 5.91 Å². The average Bonchev–Trinajstić information content (AvgIpc) is 2.65. The average molecular weight is 137 g/mol. The van der Waals surface area contributed by atoms with Crippen LogP contribution in [0.4, 0.5) is 0 Å². The molecule has 2 heterocycles. The summed E-state index contributed by atoms with van der Waals surface area (Å²) in [5, 5.41) is 0. The minimum Gasteiger partial charge on any atom is -0.459 e. The van der Waals surface area contributed by atoms with Crippen LogP contribution in [0.3, 0.4) is 0 Å². The van der Waals surface area contributed by atoms with Crippen LogP contribution < -0.4 is 0 Å². The molecule has 1 saturated heterocycles. The van der Waals surface area contributed by atoms with Crippen LogP contribution in [0, 0.1) is 0 Å². The summed E-state index contributed by atoms with van der Waals surface area (Å²) in [6, 6.07) is 3.40. The highest BCUT2D eigenvalue weighted by molar-refractivity contribution is 5.92. The number of amides is 1. The number of hydrogen-bond donors (Lipinski definition) is 0. The van der Waals surface area contributed by atoms with E-state index in [1.807, 2.05) is 0 Å². The fraction of sp³-hybridized carbons (Fsp3) is 0.286. The van der Waals surface area contributed by atoms with E-state index in [9.17, 15) is 4.79 Å². The van der Waals surface area contributed by atoms with Crippen molar-refractivity contribution in [3.63, 3.8) is 0 Å². The number of hydrogen-bond acceptors (Lipinski definition) is 2. The van der Waals surface area contributed by atoms with Gasteiger partial charge < -0.3 is 9.32 Å². The molecule has 0 N–H and O–H groups in total. The van der Waals surface area contributed by atoms with E-state index < -0.39 is 0 Å². The summed E-state index contributed by atoms with van der Waals surface area (Å²) in [6.07, 6.45) is 1.51. The number of carbonyl (C=O) groups excluding carboxylic acids is 1. The summed E-state index contributed by atoms with van der Waals surface area (Å²) in [7, 11) is 0. The maximum Gasteiger partial charge on any atom is 0.289 e. The second-order valence-electron chi connectivity index (χ2n) is 2.27. The van der Waals surface area contributed by atoms with E-state index in [0.717, 1.165) is 13.1 Å². The van der Waals surface area contributed by atoms with Gasteiger partial charge >= 0.3 is 0 Å². The first kappa shape index (κ1) is 5.53. The van der Waals surface area contributed by atoms with Crippen molar-refractivity contribution in [3.05, 3.63) is 24.2 Å². The Morgan fingerprint density at radius 1 is 1.60 bits per heavy atom. The topological polar surface area (TPSA) is 33.2 Å². The molecule has 1 aliphatic rings. The largest absolute Gasteiger partial charge is 0.459 e. The van der Waals surface area contributed by atoms with E-state index in [2.05, 4.69) is 0 Å². The van der Waals surface area contributed by atoms with E-state index in [4.69, 9.17) is 4.42 Å². The molecule has 1 aliphatic heterocycles. The van der Waals surface area contributed by atoms with Crippen LogP contribution >= 0.6 is 0 Å². The van der Waals surface area contributed by atoms with Crippen LogP contribution in [0.5, 0.6) is 0 Å². The lowest BCUT2D eigenvalue weighted by molar-refractivity contribution is 0.0856. The van der Waals surface area contributed by atoms with Crippen molar-refractivity contribution in [1.29, 1.82) is 0 Å². The first-order valence-corrected chi connectivity index (χ1v) is 3.21. The lowest BCUT2D eigenvalue weighted by atomic mass is 10.4. The Balaban J connectivity index is 2.19. The molecule has 0 bridgehead atoms. The van der Waals surface area contributed by atoms with E-state index in [1.165, 1.54) is 6.26 Å². The Hall–Kier alpha value is -1.25. The van der Waals surface area contributed by atoms with Crippen LogP contribution in [-0.2, 0) is 0 Å². The molecule has 1 amide bonds. The second kappa shape index (κ2) is 1.87. The fourth-order valence-electron chi connectivity index (χ4n) is 0.809. The zero-order valence-corrected chi connectivity index (χ0v) is 5.41. The van der Waals surface area contributed by atoms with Crippen LogP contribution in [0.1, 0.15) is 10.6 Å². The van der Waals surface area contributed by atoms with Gasteiger partial charge in [-0.2, -0.15) is 0 Å². The molecule has 10 heavy (non-hydrogen) atoms. The van der Waals surface area contributed by atoms with Gasteiger partial charge in [-0.3, -0.25) is 4.79 Å². The van der Waals surface area contributed by atoms with Gasteiger partial charge in [0.2, 0.25) is 0 Å². The zero-order chi connectivity index (χ0) is 6.97. The Morgan fingerprint density at radius 3 is 2.90 bits per heavy atom. The van der Waals surface area contributed by atoms with Crippen molar-refractivity contribution in [3.8, 4) is 0 Å². The summed E-state index contributed by atoms with van der Waals surface area (Å²) in [4.78, 5) is 12.8. The van der Waals surface area contributed by atoms with Gasteiger partial charge in [0.25, 0.3) is 5.91 Å². The molecule has 0 spiro atoms. The summed E-state index contributed by atoms with van der Waals surface area (Å²) in [5.74, 6) is 0.447. The van der Waals surface area contributed by atoms with Gasteiger partial charge in [0.1, 0.15) is 0 Å². The Morgan fingerprint density at radius 2 is 2.40 bits per heavy atom. The summed E-state index contributed by atoms with van der Waals surface area (Å²) in [5.41, 5.74) is 0. The number of furan rings is 1. The molecule has 1 aromatic rings. The van der Waals surface area contributed by atoms with Crippen LogP contribution in [0.2, 0.25) is 0 Å². The zero-order valence-electron chi connectivity index (χ0n) is 5.41. The molecule has 1 aromatic heterocycles. The molecule has 3 nitrogen and oxygen atoms in total. The first-order chi connectivity index (χ1) is 4.88. The third-order valence-electron chi connectivity index (χ3n) is 1.47. The molecule has 0 radical (unpaired) electrons. The molecule has 0 saturated carbocycles. The lowest BCUT2D eigenvalue weighted by Crippen LogP contribution is -2.08. The molecular formula is C7H7NO2. The molecule has 1 fully saturated rings. The Bertz CT molecular complexity index is 236. The molecule has 0 aromatic carbocycles. The Labute approximate surface area is 58.2 Å². The first-order valence-electron chi connectivity index (χ1n) is 3.21. The van der Waals surface area contributed by atoms with Crippen LogP contribution in [0.25, 0.3) is 0 Å². The third-order valence-corrected chi connectivity index (χ3v) is 1.47. The molecule has 3 heteroatoms. The predicted molar refractivity (Wildman–Crippen MR) is 34.6 cm³/mol. The summed E-state index contributed by atoms with van der Waals surface area (Å²) >= 11 is 0. The van der Waals surface area contributed by atoms with Crippen LogP contribution in [-0.4, -0.2) is 23.9 Å².